The van der Waals surface area contributed by atoms with E-state index in [0.29, 0.717) is 23.6 Å². The molecule has 2 amide bonds. The van der Waals surface area contributed by atoms with Gasteiger partial charge in [-0.1, -0.05) is 55.6 Å². The minimum Gasteiger partial charge on any atom is -0.352 e. The Labute approximate surface area is 182 Å². The van der Waals surface area contributed by atoms with E-state index in [1.165, 1.54) is 12.1 Å². The quantitative estimate of drug-likeness (QED) is 0.648. The summed E-state index contributed by atoms with van der Waals surface area (Å²) in [4.78, 5) is 27.9. The molecule has 1 fully saturated rings. The van der Waals surface area contributed by atoms with Crippen molar-refractivity contribution in [3.8, 4) is 0 Å². The molecule has 0 saturated heterocycles. The second kappa shape index (κ2) is 10.6. The maximum absolute atomic E-state index is 13.2. The molecule has 0 aliphatic heterocycles. The highest BCUT2D eigenvalue weighted by Gasteiger charge is 2.30. The lowest BCUT2D eigenvalue weighted by Gasteiger charge is -2.31. The van der Waals surface area contributed by atoms with Gasteiger partial charge in [0.15, 0.2) is 0 Å². The molecular formula is C24H28ClFN2O2. The highest BCUT2D eigenvalue weighted by molar-refractivity contribution is 6.30. The summed E-state index contributed by atoms with van der Waals surface area (Å²) < 4.78 is 13.2. The third-order valence-corrected chi connectivity index (χ3v) is 5.87. The topological polar surface area (TPSA) is 49.4 Å². The van der Waals surface area contributed by atoms with Crippen LogP contribution in [-0.4, -0.2) is 28.8 Å². The van der Waals surface area contributed by atoms with Gasteiger partial charge in [-0.05, 0) is 54.7 Å². The molecule has 0 aromatic heterocycles. The molecule has 6 heteroatoms. The number of benzene rings is 2. The van der Waals surface area contributed by atoms with Gasteiger partial charge in [-0.25, -0.2) is 4.39 Å². The van der Waals surface area contributed by atoms with Crippen molar-refractivity contribution < 1.29 is 14.0 Å². The summed E-state index contributed by atoms with van der Waals surface area (Å²) in [5.41, 5.74) is 1.62. The summed E-state index contributed by atoms with van der Waals surface area (Å²) >= 11 is 5.99. The van der Waals surface area contributed by atoms with Crippen LogP contribution in [0.2, 0.25) is 5.02 Å². The van der Waals surface area contributed by atoms with E-state index in [2.05, 4.69) is 5.32 Å². The van der Waals surface area contributed by atoms with Gasteiger partial charge in [0.1, 0.15) is 11.9 Å². The van der Waals surface area contributed by atoms with Crippen molar-refractivity contribution in [3.63, 3.8) is 0 Å². The van der Waals surface area contributed by atoms with Crippen molar-refractivity contribution in [2.45, 2.75) is 64.1 Å². The molecule has 0 spiro atoms. The van der Waals surface area contributed by atoms with Crippen LogP contribution in [0.3, 0.4) is 0 Å². The average molecular weight is 431 g/mol. The van der Waals surface area contributed by atoms with Crippen molar-refractivity contribution >= 4 is 23.4 Å². The van der Waals surface area contributed by atoms with Gasteiger partial charge in [0, 0.05) is 17.6 Å². The minimum atomic E-state index is -0.561. The maximum Gasteiger partial charge on any atom is 0.243 e. The number of rotatable bonds is 8. The molecule has 1 atom stereocenters. The smallest absolute Gasteiger partial charge is 0.243 e. The van der Waals surface area contributed by atoms with Crippen LogP contribution in [0, 0.1) is 5.82 Å². The Morgan fingerprint density at radius 2 is 1.67 bits per heavy atom. The van der Waals surface area contributed by atoms with Crippen LogP contribution in [0.15, 0.2) is 48.5 Å². The summed E-state index contributed by atoms with van der Waals surface area (Å²) in [5.74, 6) is -0.609. The van der Waals surface area contributed by atoms with E-state index < -0.39 is 6.04 Å². The molecule has 160 valence electrons. The summed E-state index contributed by atoms with van der Waals surface area (Å²) in [6.07, 6.45) is 4.85. The fourth-order valence-corrected chi connectivity index (χ4v) is 4.08. The maximum atomic E-state index is 13.2. The molecule has 1 aliphatic carbocycles. The van der Waals surface area contributed by atoms with Crippen LogP contribution in [0.4, 0.5) is 4.39 Å². The highest BCUT2D eigenvalue weighted by atomic mass is 35.5. The van der Waals surface area contributed by atoms with Crippen LogP contribution in [-0.2, 0) is 22.6 Å². The lowest BCUT2D eigenvalue weighted by molar-refractivity contribution is -0.141. The Bertz CT molecular complexity index is 849. The average Bonchev–Trinajstić information content (AvgIpc) is 3.24. The van der Waals surface area contributed by atoms with E-state index in [-0.39, 0.29) is 30.1 Å². The van der Waals surface area contributed by atoms with Crippen LogP contribution in [0.25, 0.3) is 0 Å². The van der Waals surface area contributed by atoms with E-state index in [4.69, 9.17) is 11.6 Å². The predicted octanol–water partition coefficient (Wildman–Crippen LogP) is 4.89. The molecule has 4 nitrogen and oxygen atoms in total. The molecule has 1 N–H and O–H groups in total. The zero-order valence-electron chi connectivity index (χ0n) is 17.2. The number of carbonyl (C=O) groups excluding carboxylic acids is 2. The monoisotopic (exact) mass is 430 g/mol. The first kappa shape index (κ1) is 22.3. The van der Waals surface area contributed by atoms with E-state index in [1.54, 1.807) is 29.2 Å². The number of hydrogen-bond donors (Lipinski definition) is 1. The van der Waals surface area contributed by atoms with Crippen molar-refractivity contribution in [2.75, 3.05) is 0 Å². The number of amides is 2. The van der Waals surface area contributed by atoms with Gasteiger partial charge in [-0.3, -0.25) is 9.59 Å². The normalized spacial score (nSPS) is 15.0. The molecule has 0 radical (unpaired) electrons. The number of nitrogens with one attached hydrogen (secondary N) is 1. The van der Waals surface area contributed by atoms with E-state index in [9.17, 15) is 14.0 Å². The fourth-order valence-electron chi connectivity index (χ4n) is 3.95. The molecular weight excluding hydrogens is 403 g/mol. The Morgan fingerprint density at radius 1 is 1.07 bits per heavy atom. The largest absolute Gasteiger partial charge is 0.352 e. The number of hydrogen-bond acceptors (Lipinski definition) is 2. The summed E-state index contributed by atoms with van der Waals surface area (Å²) in [6.45, 7) is 2.23. The number of nitrogens with zero attached hydrogens (tertiary/aromatic N) is 1. The Kier molecular flexibility index (Phi) is 7.86. The van der Waals surface area contributed by atoms with E-state index in [0.717, 1.165) is 31.2 Å². The van der Waals surface area contributed by atoms with Gasteiger partial charge in [-0.15, -0.1) is 0 Å². The van der Waals surface area contributed by atoms with Gasteiger partial charge in [0.05, 0.1) is 6.42 Å². The summed E-state index contributed by atoms with van der Waals surface area (Å²) in [7, 11) is 0. The Morgan fingerprint density at radius 3 is 2.27 bits per heavy atom. The van der Waals surface area contributed by atoms with Crippen LogP contribution in [0.1, 0.15) is 50.2 Å². The SMILES string of the molecule is CC[C@H](C(=O)NC1CCCC1)N(Cc1ccc(Cl)cc1)C(=O)Cc1ccc(F)cc1. The first-order valence-electron chi connectivity index (χ1n) is 10.5. The highest BCUT2D eigenvalue weighted by Crippen LogP contribution is 2.20. The molecule has 2 aromatic rings. The van der Waals surface area contributed by atoms with Gasteiger partial charge < -0.3 is 10.2 Å². The third-order valence-electron chi connectivity index (χ3n) is 5.62. The van der Waals surface area contributed by atoms with Gasteiger partial charge in [0.25, 0.3) is 0 Å². The third kappa shape index (κ3) is 6.05. The zero-order chi connectivity index (χ0) is 21.5. The standard InChI is InChI=1S/C24H28ClFN2O2/c1-2-22(24(30)27-21-5-3-4-6-21)28(16-18-7-11-19(25)12-8-18)23(29)15-17-9-13-20(26)14-10-17/h7-14,21-22H,2-6,15-16H2,1H3,(H,27,30)/t22-/m1/s1. The molecule has 0 heterocycles. The van der Waals surface area contributed by atoms with Crippen molar-refractivity contribution in [2.24, 2.45) is 0 Å². The molecule has 2 aromatic carbocycles. The lowest BCUT2D eigenvalue weighted by Crippen LogP contribution is -2.51. The lowest BCUT2D eigenvalue weighted by atomic mass is 10.1. The second-order valence-electron chi connectivity index (χ2n) is 7.87. The predicted molar refractivity (Wildman–Crippen MR) is 117 cm³/mol. The minimum absolute atomic E-state index is 0.106. The second-order valence-corrected chi connectivity index (χ2v) is 8.30. The zero-order valence-corrected chi connectivity index (χ0v) is 18.0. The summed E-state index contributed by atoms with van der Waals surface area (Å²) in [6, 6.07) is 12.8. The van der Waals surface area contributed by atoms with Crippen molar-refractivity contribution in [3.05, 3.63) is 70.5 Å². The molecule has 0 bridgehead atoms. The first-order chi connectivity index (χ1) is 14.5. The van der Waals surface area contributed by atoms with Gasteiger partial charge >= 0.3 is 0 Å². The molecule has 30 heavy (non-hydrogen) atoms. The Hall–Kier alpha value is -2.40. The molecule has 1 saturated carbocycles. The molecule has 3 rings (SSSR count). The van der Waals surface area contributed by atoms with Gasteiger partial charge in [-0.2, -0.15) is 0 Å². The fraction of sp³-hybridized carbons (Fsp3) is 0.417. The molecule has 1 aliphatic rings. The first-order valence-corrected chi connectivity index (χ1v) is 10.9. The van der Waals surface area contributed by atoms with E-state index in [1.807, 2.05) is 19.1 Å². The Balaban J connectivity index is 1.80. The van der Waals surface area contributed by atoms with Crippen LogP contribution in [0.5, 0.6) is 0 Å². The summed E-state index contributed by atoms with van der Waals surface area (Å²) in [5, 5.41) is 3.75. The van der Waals surface area contributed by atoms with Gasteiger partial charge in [0.2, 0.25) is 11.8 Å². The van der Waals surface area contributed by atoms with Crippen molar-refractivity contribution in [1.82, 2.24) is 10.2 Å². The number of carbonyl (C=O) groups is 2. The van der Waals surface area contributed by atoms with E-state index >= 15 is 0 Å². The van der Waals surface area contributed by atoms with Crippen LogP contribution < -0.4 is 5.32 Å². The van der Waals surface area contributed by atoms with Crippen LogP contribution >= 0.6 is 11.6 Å². The molecule has 0 unspecified atom stereocenters. The van der Waals surface area contributed by atoms with Crippen molar-refractivity contribution in [1.29, 1.82) is 0 Å². The number of halogens is 2.